The minimum Gasteiger partial charge on any atom is -0.399 e. The van der Waals surface area contributed by atoms with Crippen LogP contribution in [0.25, 0.3) is 12.2 Å². The summed E-state index contributed by atoms with van der Waals surface area (Å²) in [7, 11) is 0. The molecule has 0 spiro atoms. The lowest BCUT2D eigenvalue weighted by atomic mass is 10.1. The van der Waals surface area contributed by atoms with E-state index in [-0.39, 0.29) is 0 Å². The van der Waals surface area contributed by atoms with Crippen LogP contribution in [0.5, 0.6) is 0 Å². The van der Waals surface area contributed by atoms with Gasteiger partial charge in [0.1, 0.15) is 0 Å². The fraction of sp³-hybridized carbons (Fsp3) is 0. The minimum absolute atomic E-state index is 0.780. The Hall–Kier alpha value is -3.00. The van der Waals surface area contributed by atoms with E-state index in [2.05, 4.69) is 71.6 Å². The zero-order valence-electron chi connectivity index (χ0n) is 12.1. The van der Waals surface area contributed by atoms with Crippen LogP contribution in [-0.4, -0.2) is 0 Å². The average molecular weight is 284 g/mol. The molecule has 0 radical (unpaired) electrons. The fourth-order valence-corrected chi connectivity index (χ4v) is 2.91. The summed E-state index contributed by atoms with van der Waals surface area (Å²) in [5.41, 5.74) is 12.5. The SMILES string of the molecule is Nc1ccc2c(c1)C=Cc1ccccc1N2c1ccccc1. The molecule has 0 aliphatic carbocycles. The van der Waals surface area contributed by atoms with Gasteiger partial charge in [0, 0.05) is 16.9 Å². The average Bonchev–Trinajstić information content (AvgIpc) is 2.72. The number of anilines is 4. The highest BCUT2D eigenvalue weighted by Crippen LogP contribution is 2.41. The van der Waals surface area contributed by atoms with Crippen molar-refractivity contribution in [2.24, 2.45) is 0 Å². The van der Waals surface area contributed by atoms with Gasteiger partial charge in [-0.1, -0.05) is 48.6 Å². The van der Waals surface area contributed by atoms with Gasteiger partial charge in [0.25, 0.3) is 0 Å². The number of hydrogen-bond donors (Lipinski definition) is 1. The van der Waals surface area contributed by atoms with Gasteiger partial charge in [0.05, 0.1) is 11.4 Å². The summed E-state index contributed by atoms with van der Waals surface area (Å²) in [5, 5.41) is 0. The second-order valence-corrected chi connectivity index (χ2v) is 5.38. The van der Waals surface area contributed by atoms with Crippen LogP contribution in [0.1, 0.15) is 11.1 Å². The van der Waals surface area contributed by atoms with Gasteiger partial charge in [-0.05, 0) is 42.0 Å². The van der Waals surface area contributed by atoms with Gasteiger partial charge >= 0.3 is 0 Å². The molecule has 3 aromatic rings. The van der Waals surface area contributed by atoms with Crippen molar-refractivity contribution in [1.29, 1.82) is 0 Å². The Morgan fingerprint density at radius 1 is 0.636 bits per heavy atom. The first-order valence-electron chi connectivity index (χ1n) is 7.35. The van der Waals surface area contributed by atoms with Crippen molar-refractivity contribution in [1.82, 2.24) is 0 Å². The second-order valence-electron chi connectivity index (χ2n) is 5.38. The van der Waals surface area contributed by atoms with Gasteiger partial charge in [0.15, 0.2) is 0 Å². The Bertz CT molecular complexity index is 851. The molecule has 0 fully saturated rings. The van der Waals surface area contributed by atoms with Crippen LogP contribution < -0.4 is 10.6 Å². The standard InChI is InChI=1S/C20H16N2/c21-17-12-13-20-16(14-17)11-10-15-6-4-5-9-19(15)22(20)18-7-2-1-3-8-18/h1-14H,21H2. The first-order chi connectivity index (χ1) is 10.8. The molecule has 2 N–H and O–H groups in total. The third kappa shape index (κ3) is 2.06. The number of rotatable bonds is 1. The second kappa shape index (κ2) is 5.08. The Morgan fingerprint density at radius 3 is 2.18 bits per heavy atom. The predicted octanol–water partition coefficient (Wildman–Crippen LogP) is 5.22. The van der Waals surface area contributed by atoms with E-state index in [1.165, 1.54) is 11.3 Å². The lowest BCUT2D eigenvalue weighted by molar-refractivity contribution is 1.28. The van der Waals surface area contributed by atoms with Gasteiger partial charge < -0.3 is 10.6 Å². The number of nitrogen functional groups attached to an aromatic ring is 1. The van der Waals surface area contributed by atoms with E-state index in [4.69, 9.17) is 5.73 Å². The van der Waals surface area contributed by atoms with Crippen LogP contribution in [0.15, 0.2) is 72.8 Å². The Morgan fingerprint density at radius 2 is 1.32 bits per heavy atom. The Kier molecular flexibility index (Phi) is 2.94. The topological polar surface area (TPSA) is 29.3 Å². The maximum atomic E-state index is 5.97. The largest absolute Gasteiger partial charge is 0.399 e. The number of hydrogen-bond acceptors (Lipinski definition) is 2. The molecule has 4 rings (SSSR count). The zero-order chi connectivity index (χ0) is 14.9. The van der Waals surface area contributed by atoms with E-state index in [1.807, 2.05) is 18.2 Å². The van der Waals surface area contributed by atoms with E-state index in [0.29, 0.717) is 0 Å². The Labute approximate surface area is 130 Å². The maximum absolute atomic E-state index is 5.97. The molecule has 0 bridgehead atoms. The molecule has 0 saturated heterocycles. The summed E-state index contributed by atoms with van der Waals surface area (Å²) >= 11 is 0. The molecule has 2 nitrogen and oxygen atoms in total. The van der Waals surface area contributed by atoms with E-state index in [0.717, 1.165) is 22.6 Å². The molecule has 1 heterocycles. The molecule has 22 heavy (non-hydrogen) atoms. The number of nitrogens with zero attached hydrogens (tertiary/aromatic N) is 1. The molecule has 0 atom stereocenters. The van der Waals surface area contributed by atoms with Crippen molar-refractivity contribution in [2.45, 2.75) is 0 Å². The summed E-state index contributed by atoms with van der Waals surface area (Å²) in [6.45, 7) is 0. The molecule has 2 heteroatoms. The highest BCUT2D eigenvalue weighted by molar-refractivity contribution is 5.93. The molecule has 0 amide bonds. The van der Waals surface area contributed by atoms with Crippen LogP contribution in [0, 0.1) is 0 Å². The first-order valence-corrected chi connectivity index (χ1v) is 7.35. The molecular formula is C20H16N2. The van der Waals surface area contributed by atoms with E-state index >= 15 is 0 Å². The fourth-order valence-electron chi connectivity index (χ4n) is 2.91. The summed E-state index contributed by atoms with van der Waals surface area (Å²) in [6, 6.07) is 24.9. The third-order valence-corrected chi connectivity index (χ3v) is 3.93. The number of fused-ring (bicyclic) bond motifs is 2. The smallest absolute Gasteiger partial charge is 0.0535 e. The number of benzene rings is 3. The number of nitrogens with two attached hydrogens (primary N) is 1. The molecule has 1 aliphatic rings. The van der Waals surface area contributed by atoms with Gasteiger partial charge in [0.2, 0.25) is 0 Å². The molecule has 106 valence electrons. The first kappa shape index (κ1) is 12.7. The lowest BCUT2D eigenvalue weighted by Crippen LogP contribution is -2.11. The van der Waals surface area contributed by atoms with E-state index < -0.39 is 0 Å². The van der Waals surface area contributed by atoms with Gasteiger partial charge in [-0.2, -0.15) is 0 Å². The quantitative estimate of drug-likeness (QED) is 0.485. The third-order valence-electron chi connectivity index (χ3n) is 3.93. The Balaban J connectivity index is 2.02. The van der Waals surface area contributed by atoms with Gasteiger partial charge in [-0.25, -0.2) is 0 Å². The van der Waals surface area contributed by atoms with Gasteiger partial charge in [-0.3, -0.25) is 0 Å². The summed E-state index contributed by atoms with van der Waals surface area (Å²) in [5.74, 6) is 0. The van der Waals surface area contributed by atoms with Crippen LogP contribution >= 0.6 is 0 Å². The molecule has 0 aromatic heterocycles. The van der Waals surface area contributed by atoms with Crippen molar-refractivity contribution in [2.75, 3.05) is 10.6 Å². The molecular weight excluding hydrogens is 268 g/mol. The lowest BCUT2D eigenvalue weighted by Gasteiger charge is -2.27. The van der Waals surface area contributed by atoms with Crippen LogP contribution in [0.2, 0.25) is 0 Å². The van der Waals surface area contributed by atoms with Crippen molar-refractivity contribution >= 4 is 34.9 Å². The van der Waals surface area contributed by atoms with Crippen molar-refractivity contribution in [3.63, 3.8) is 0 Å². The van der Waals surface area contributed by atoms with Crippen LogP contribution in [0.4, 0.5) is 22.7 Å². The maximum Gasteiger partial charge on any atom is 0.0535 e. The molecule has 0 unspecified atom stereocenters. The highest BCUT2D eigenvalue weighted by Gasteiger charge is 2.19. The van der Waals surface area contributed by atoms with Crippen LogP contribution in [-0.2, 0) is 0 Å². The van der Waals surface area contributed by atoms with E-state index in [1.54, 1.807) is 0 Å². The normalized spacial score (nSPS) is 12.5. The van der Waals surface area contributed by atoms with Crippen molar-refractivity contribution < 1.29 is 0 Å². The van der Waals surface area contributed by atoms with Crippen molar-refractivity contribution in [3.8, 4) is 0 Å². The number of para-hydroxylation sites is 2. The molecule has 3 aromatic carbocycles. The summed E-state index contributed by atoms with van der Waals surface area (Å²) in [6.07, 6.45) is 4.28. The van der Waals surface area contributed by atoms with Crippen LogP contribution in [0.3, 0.4) is 0 Å². The van der Waals surface area contributed by atoms with Crippen molar-refractivity contribution in [3.05, 3.63) is 83.9 Å². The zero-order valence-corrected chi connectivity index (χ0v) is 12.1. The minimum atomic E-state index is 0.780. The highest BCUT2D eigenvalue weighted by atomic mass is 15.1. The summed E-state index contributed by atoms with van der Waals surface area (Å²) < 4.78 is 0. The monoisotopic (exact) mass is 284 g/mol. The summed E-state index contributed by atoms with van der Waals surface area (Å²) in [4.78, 5) is 2.28. The molecule has 1 aliphatic heterocycles. The van der Waals surface area contributed by atoms with Gasteiger partial charge in [-0.15, -0.1) is 0 Å². The predicted molar refractivity (Wildman–Crippen MR) is 94.5 cm³/mol. The molecule has 0 saturated carbocycles. The van der Waals surface area contributed by atoms with E-state index in [9.17, 15) is 0 Å².